The molecule has 1 aromatic rings. The second-order valence-corrected chi connectivity index (χ2v) is 7.55. The first-order chi connectivity index (χ1) is 12.1. The van der Waals surface area contributed by atoms with Gasteiger partial charge in [-0.25, -0.2) is 4.79 Å². The van der Waals surface area contributed by atoms with Crippen LogP contribution in [0, 0.1) is 11.8 Å². The molecule has 2 bridgehead atoms. The lowest BCUT2D eigenvalue weighted by atomic mass is 9.99. The van der Waals surface area contributed by atoms with E-state index in [4.69, 9.17) is 16.3 Å². The number of urea groups is 1. The molecule has 2 N–H and O–H groups in total. The fourth-order valence-corrected chi connectivity index (χ4v) is 3.74. The highest BCUT2D eigenvalue weighted by Gasteiger charge is 2.45. The van der Waals surface area contributed by atoms with E-state index < -0.39 is 0 Å². The number of halogens is 1. The fourth-order valence-electron chi connectivity index (χ4n) is 3.55. The molecule has 4 rings (SSSR count). The molecular formula is C18H22ClN3O3. The van der Waals surface area contributed by atoms with E-state index in [0.29, 0.717) is 36.1 Å². The average molecular weight is 364 g/mol. The molecule has 7 heteroatoms. The Morgan fingerprint density at radius 1 is 1.24 bits per heavy atom. The van der Waals surface area contributed by atoms with Crippen LogP contribution in [0.5, 0.6) is 0 Å². The molecule has 1 saturated carbocycles. The Labute approximate surface area is 151 Å². The van der Waals surface area contributed by atoms with Crippen LogP contribution in [0.4, 0.5) is 10.5 Å². The maximum absolute atomic E-state index is 12.5. The van der Waals surface area contributed by atoms with Crippen molar-refractivity contribution in [1.82, 2.24) is 10.2 Å². The van der Waals surface area contributed by atoms with Crippen molar-refractivity contribution in [3.8, 4) is 0 Å². The molecule has 1 aliphatic carbocycles. The highest BCUT2D eigenvalue weighted by molar-refractivity contribution is 6.33. The normalized spacial score (nSPS) is 27.9. The van der Waals surface area contributed by atoms with Gasteiger partial charge < -0.3 is 20.3 Å². The number of para-hydroxylation sites is 1. The predicted molar refractivity (Wildman–Crippen MR) is 94.5 cm³/mol. The molecule has 3 aliphatic rings. The molecule has 0 aromatic heterocycles. The third kappa shape index (κ3) is 3.75. The van der Waals surface area contributed by atoms with Crippen LogP contribution in [0.25, 0.3) is 0 Å². The van der Waals surface area contributed by atoms with Gasteiger partial charge in [-0.05, 0) is 37.3 Å². The number of carbonyl (C=O) groups excluding carboxylic acids is 2. The van der Waals surface area contributed by atoms with Crippen molar-refractivity contribution in [3.05, 3.63) is 29.3 Å². The van der Waals surface area contributed by atoms with Gasteiger partial charge in [0.25, 0.3) is 0 Å². The summed E-state index contributed by atoms with van der Waals surface area (Å²) in [4.78, 5) is 26.7. The summed E-state index contributed by atoms with van der Waals surface area (Å²) in [6.45, 7) is 1.69. The van der Waals surface area contributed by atoms with Gasteiger partial charge >= 0.3 is 6.03 Å². The van der Waals surface area contributed by atoms with Gasteiger partial charge in [0.05, 0.1) is 28.8 Å². The van der Waals surface area contributed by atoms with Crippen LogP contribution in [0.3, 0.4) is 0 Å². The van der Waals surface area contributed by atoms with Gasteiger partial charge in [-0.2, -0.15) is 0 Å². The molecule has 3 fully saturated rings. The number of hydrogen-bond acceptors (Lipinski definition) is 3. The minimum Gasteiger partial charge on any atom is -0.370 e. The Kier molecular flexibility index (Phi) is 4.56. The lowest BCUT2D eigenvalue weighted by molar-refractivity contribution is -0.127. The minimum absolute atomic E-state index is 0.0627. The highest BCUT2D eigenvalue weighted by Crippen LogP contribution is 2.33. The quantitative estimate of drug-likeness (QED) is 0.863. The van der Waals surface area contributed by atoms with Gasteiger partial charge in [0.1, 0.15) is 0 Å². The number of morpholine rings is 1. The number of fused-ring (bicyclic) bond motifs is 2. The van der Waals surface area contributed by atoms with E-state index in [0.717, 1.165) is 6.54 Å². The number of benzene rings is 1. The Hall–Kier alpha value is -1.79. The van der Waals surface area contributed by atoms with Crippen molar-refractivity contribution in [2.45, 2.75) is 31.5 Å². The fraction of sp³-hybridized carbons (Fsp3) is 0.556. The highest BCUT2D eigenvalue weighted by atomic mass is 35.5. The summed E-state index contributed by atoms with van der Waals surface area (Å²) in [6.07, 6.45) is 2.80. The molecule has 1 aromatic carbocycles. The molecule has 0 radical (unpaired) electrons. The molecule has 25 heavy (non-hydrogen) atoms. The Morgan fingerprint density at radius 3 is 2.80 bits per heavy atom. The number of anilines is 1. The van der Waals surface area contributed by atoms with Gasteiger partial charge in [0.2, 0.25) is 5.91 Å². The SMILES string of the molecule is O=C(NCC1CC1)[C@H]1C[C@@H]2CN(C(=O)Nc3ccccc3Cl)C[C@H]1O2. The van der Waals surface area contributed by atoms with Crippen LogP contribution in [-0.4, -0.2) is 48.7 Å². The van der Waals surface area contributed by atoms with Crippen LogP contribution in [0.2, 0.25) is 5.02 Å². The topological polar surface area (TPSA) is 70.7 Å². The molecule has 2 saturated heterocycles. The van der Waals surface area contributed by atoms with E-state index in [1.165, 1.54) is 12.8 Å². The largest absolute Gasteiger partial charge is 0.370 e. The number of carbonyl (C=O) groups is 2. The van der Waals surface area contributed by atoms with Gasteiger partial charge in [-0.3, -0.25) is 4.79 Å². The monoisotopic (exact) mass is 363 g/mol. The molecule has 134 valence electrons. The van der Waals surface area contributed by atoms with E-state index in [2.05, 4.69) is 10.6 Å². The lowest BCUT2D eigenvalue weighted by Crippen LogP contribution is -2.49. The number of ether oxygens (including phenoxy) is 1. The van der Waals surface area contributed by atoms with Crippen LogP contribution < -0.4 is 10.6 Å². The first-order valence-corrected chi connectivity index (χ1v) is 9.21. The Balaban J connectivity index is 1.35. The first kappa shape index (κ1) is 16.7. The molecule has 6 nitrogen and oxygen atoms in total. The molecule has 3 atom stereocenters. The van der Waals surface area contributed by atoms with E-state index in [1.54, 1.807) is 17.0 Å². The second kappa shape index (κ2) is 6.84. The number of hydrogen-bond donors (Lipinski definition) is 2. The predicted octanol–water partition coefficient (Wildman–Crippen LogP) is 2.49. The van der Waals surface area contributed by atoms with Gasteiger partial charge in [0.15, 0.2) is 0 Å². The standard InChI is InChI=1S/C18H22ClN3O3/c19-14-3-1-2-4-15(14)21-18(24)22-9-12-7-13(16(10-22)25-12)17(23)20-8-11-5-6-11/h1-4,11-13,16H,5-10H2,(H,20,23)(H,21,24)/t12-,13+,16-/m1/s1. The lowest BCUT2D eigenvalue weighted by Gasteiger charge is -2.32. The molecule has 0 spiro atoms. The molecule has 0 unspecified atom stereocenters. The van der Waals surface area contributed by atoms with Crippen molar-refractivity contribution in [3.63, 3.8) is 0 Å². The Morgan fingerprint density at radius 2 is 2.04 bits per heavy atom. The average Bonchev–Trinajstić information content (AvgIpc) is 3.39. The van der Waals surface area contributed by atoms with Crippen molar-refractivity contribution in [2.24, 2.45) is 11.8 Å². The van der Waals surface area contributed by atoms with Crippen molar-refractivity contribution in [2.75, 3.05) is 25.0 Å². The van der Waals surface area contributed by atoms with E-state index in [9.17, 15) is 9.59 Å². The zero-order valence-corrected chi connectivity index (χ0v) is 14.7. The van der Waals surface area contributed by atoms with Crippen LogP contribution in [0.15, 0.2) is 24.3 Å². The third-order valence-electron chi connectivity index (χ3n) is 5.16. The van der Waals surface area contributed by atoms with Crippen LogP contribution >= 0.6 is 11.6 Å². The number of rotatable bonds is 4. The summed E-state index contributed by atoms with van der Waals surface area (Å²) in [5.41, 5.74) is 0.590. The molecule has 2 aliphatic heterocycles. The third-order valence-corrected chi connectivity index (χ3v) is 5.49. The summed E-state index contributed by atoms with van der Waals surface area (Å²) in [5, 5.41) is 6.38. The number of likely N-dealkylation sites (tertiary alicyclic amines) is 1. The summed E-state index contributed by atoms with van der Waals surface area (Å²) in [7, 11) is 0. The summed E-state index contributed by atoms with van der Waals surface area (Å²) >= 11 is 6.10. The maximum atomic E-state index is 12.5. The smallest absolute Gasteiger partial charge is 0.322 e. The minimum atomic E-state index is -0.227. The summed E-state index contributed by atoms with van der Waals surface area (Å²) in [6, 6.07) is 6.94. The summed E-state index contributed by atoms with van der Waals surface area (Å²) in [5.74, 6) is 0.554. The van der Waals surface area contributed by atoms with E-state index in [1.807, 2.05) is 12.1 Å². The van der Waals surface area contributed by atoms with Crippen molar-refractivity contribution < 1.29 is 14.3 Å². The summed E-state index contributed by atoms with van der Waals surface area (Å²) < 4.78 is 5.90. The van der Waals surface area contributed by atoms with E-state index in [-0.39, 0.29) is 30.1 Å². The second-order valence-electron chi connectivity index (χ2n) is 7.14. The molecule has 2 heterocycles. The maximum Gasteiger partial charge on any atom is 0.322 e. The first-order valence-electron chi connectivity index (χ1n) is 8.84. The zero-order valence-electron chi connectivity index (χ0n) is 13.9. The van der Waals surface area contributed by atoms with Gasteiger partial charge in [-0.1, -0.05) is 23.7 Å². The van der Waals surface area contributed by atoms with Crippen molar-refractivity contribution >= 4 is 29.2 Å². The Bertz CT molecular complexity index is 679. The van der Waals surface area contributed by atoms with Crippen LogP contribution in [-0.2, 0) is 9.53 Å². The zero-order chi connectivity index (χ0) is 17.4. The van der Waals surface area contributed by atoms with Gasteiger partial charge in [0, 0.05) is 19.6 Å². The number of nitrogens with zero attached hydrogens (tertiary/aromatic N) is 1. The molecular weight excluding hydrogens is 342 g/mol. The van der Waals surface area contributed by atoms with Gasteiger partial charge in [-0.15, -0.1) is 0 Å². The number of nitrogens with one attached hydrogen (secondary N) is 2. The van der Waals surface area contributed by atoms with Crippen LogP contribution in [0.1, 0.15) is 19.3 Å². The number of amides is 3. The van der Waals surface area contributed by atoms with E-state index >= 15 is 0 Å². The van der Waals surface area contributed by atoms with Crippen molar-refractivity contribution in [1.29, 1.82) is 0 Å². The molecule has 3 amide bonds.